The summed E-state index contributed by atoms with van der Waals surface area (Å²) in [6.07, 6.45) is 1.22. The van der Waals surface area contributed by atoms with E-state index >= 15 is 0 Å². The van der Waals surface area contributed by atoms with Crippen molar-refractivity contribution in [3.63, 3.8) is 0 Å². The van der Waals surface area contributed by atoms with Crippen LogP contribution in [0, 0.1) is 5.92 Å². The molecule has 1 heterocycles. The molecule has 1 fully saturated rings. The van der Waals surface area contributed by atoms with Crippen LogP contribution in [0.15, 0.2) is 29.2 Å². The normalized spacial score (nSPS) is 18.8. The standard InChI is InChI=1S/C13H20N2O2S/c1-10(2)13(14)8-15(9-13)11-4-6-12(7-5-11)18(3,16)17/h4-7,10H,8-9,14H2,1-3H3. The van der Waals surface area contributed by atoms with Gasteiger partial charge in [-0.25, -0.2) is 8.42 Å². The third-order valence-electron chi connectivity index (χ3n) is 3.75. The van der Waals surface area contributed by atoms with Gasteiger partial charge in [0, 0.05) is 25.0 Å². The molecular formula is C13H20N2O2S. The van der Waals surface area contributed by atoms with Crippen molar-refractivity contribution in [1.29, 1.82) is 0 Å². The van der Waals surface area contributed by atoms with Crippen LogP contribution in [0.25, 0.3) is 0 Å². The lowest BCUT2D eigenvalue weighted by Gasteiger charge is -2.51. The van der Waals surface area contributed by atoms with Crippen LogP contribution >= 0.6 is 0 Å². The van der Waals surface area contributed by atoms with E-state index in [9.17, 15) is 8.42 Å². The summed E-state index contributed by atoms with van der Waals surface area (Å²) in [4.78, 5) is 2.53. The first kappa shape index (κ1) is 13.4. The molecule has 0 spiro atoms. The second-order valence-corrected chi connectivity index (χ2v) is 7.53. The number of rotatable bonds is 3. The molecule has 1 aromatic rings. The van der Waals surface area contributed by atoms with Gasteiger partial charge in [0.15, 0.2) is 9.84 Å². The van der Waals surface area contributed by atoms with Crippen LogP contribution in [0.4, 0.5) is 5.69 Å². The van der Waals surface area contributed by atoms with Crippen LogP contribution < -0.4 is 10.6 Å². The molecule has 5 heteroatoms. The highest BCUT2D eigenvalue weighted by atomic mass is 32.2. The smallest absolute Gasteiger partial charge is 0.175 e. The average Bonchev–Trinajstić information content (AvgIpc) is 2.23. The molecule has 0 saturated carbocycles. The molecule has 0 aliphatic carbocycles. The molecule has 1 aliphatic heterocycles. The van der Waals surface area contributed by atoms with Crippen LogP contribution in [0.1, 0.15) is 13.8 Å². The molecular weight excluding hydrogens is 248 g/mol. The average molecular weight is 268 g/mol. The van der Waals surface area contributed by atoms with Gasteiger partial charge in [0.2, 0.25) is 0 Å². The van der Waals surface area contributed by atoms with E-state index in [1.54, 1.807) is 12.1 Å². The first-order chi connectivity index (χ1) is 8.22. The third-order valence-corrected chi connectivity index (χ3v) is 4.88. The molecule has 0 atom stereocenters. The number of nitrogens with two attached hydrogens (primary N) is 1. The summed E-state index contributed by atoms with van der Waals surface area (Å²) in [5, 5.41) is 0. The molecule has 0 unspecified atom stereocenters. The van der Waals surface area contributed by atoms with Gasteiger partial charge in [-0.3, -0.25) is 0 Å². The van der Waals surface area contributed by atoms with Crippen molar-refractivity contribution in [3.8, 4) is 0 Å². The summed E-state index contributed by atoms with van der Waals surface area (Å²) in [6, 6.07) is 6.99. The number of sulfone groups is 1. The molecule has 0 radical (unpaired) electrons. The van der Waals surface area contributed by atoms with Crippen LogP contribution in [-0.4, -0.2) is 33.3 Å². The molecule has 18 heavy (non-hydrogen) atoms. The Kier molecular flexibility index (Phi) is 3.15. The molecule has 1 aromatic carbocycles. The van der Waals surface area contributed by atoms with E-state index in [1.807, 2.05) is 12.1 Å². The fraction of sp³-hybridized carbons (Fsp3) is 0.538. The zero-order valence-corrected chi connectivity index (χ0v) is 11.9. The highest BCUT2D eigenvalue weighted by Crippen LogP contribution is 2.31. The Morgan fingerprint density at radius 1 is 1.22 bits per heavy atom. The zero-order valence-electron chi connectivity index (χ0n) is 11.1. The fourth-order valence-corrected chi connectivity index (χ4v) is 2.75. The minimum Gasteiger partial charge on any atom is -0.368 e. The Labute approximate surface area is 109 Å². The van der Waals surface area contributed by atoms with Crippen molar-refractivity contribution in [3.05, 3.63) is 24.3 Å². The maximum atomic E-state index is 11.4. The van der Waals surface area contributed by atoms with Gasteiger partial charge in [0.05, 0.1) is 10.4 Å². The van der Waals surface area contributed by atoms with Gasteiger partial charge in [0.1, 0.15) is 0 Å². The third kappa shape index (κ3) is 2.37. The van der Waals surface area contributed by atoms with Gasteiger partial charge in [-0.05, 0) is 30.2 Å². The van der Waals surface area contributed by atoms with Crippen molar-refractivity contribution in [2.75, 3.05) is 24.2 Å². The van der Waals surface area contributed by atoms with Gasteiger partial charge in [0.25, 0.3) is 0 Å². The number of nitrogens with zero attached hydrogens (tertiary/aromatic N) is 1. The highest BCUT2D eigenvalue weighted by Gasteiger charge is 2.41. The Morgan fingerprint density at radius 3 is 2.11 bits per heavy atom. The number of hydrogen-bond acceptors (Lipinski definition) is 4. The SMILES string of the molecule is CC(C)C1(N)CN(c2ccc(S(C)(=O)=O)cc2)C1. The maximum absolute atomic E-state index is 11.4. The monoisotopic (exact) mass is 268 g/mol. The van der Waals surface area contributed by atoms with Crippen molar-refractivity contribution >= 4 is 15.5 Å². The Bertz CT molecular complexity index is 529. The summed E-state index contributed by atoms with van der Waals surface area (Å²) in [6.45, 7) is 5.90. The van der Waals surface area contributed by atoms with E-state index in [1.165, 1.54) is 6.26 Å². The van der Waals surface area contributed by atoms with Crippen LogP contribution in [-0.2, 0) is 9.84 Å². The van der Waals surface area contributed by atoms with Crippen molar-refractivity contribution in [2.24, 2.45) is 11.7 Å². The second kappa shape index (κ2) is 4.24. The van der Waals surface area contributed by atoms with E-state index in [-0.39, 0.29) is 5.54 Å². The molecule has 0 bridgehead atoms. The molecule has 0 amide bonds. The van der Waals surface area contributed by atoms with Crippen molar-refractivity contribution in [1.82, 2.24) is 0 Å². The number of benzene rings is 1. The van der Waals surface area contributed by atoms with E-state index in [4.69, 9.17) is 5.73 Å². The van der Waals surface area contributed by atoms with Gasteiger partial charge < -0.3 is 10.6 Å². The Morgan fingerprint density at radius 2 is 1.72 bits per heavy atom. The molecule has 1 saturated heterocycles. The molecule has 1 aliphatic rings. The predicted molar refractivity (Wildman–Crippen MR) is 73.5 cm³/mol. The van der Waals surface area contributed by atoms with Gasteiger partial charge in [-0.2, -0.15) is 0 Å². The van der Waals surface area contributed by atoms with Crippen LogP contribution in [0.3, 0.4) is 0 Å². The van der Waals surface area contributed by atoms with Crippen LogP contribution in [0.2, 0.25) is 0 Å². The maximum Gasteiger partial charge on any atom is 0.175 e. The molecule has 0 aromatic heterocycles. The Balaban J connectivity index is 2.10. The van der Waals surface area contributed by atoms with Gasteiger partial charge in [-0.1, -0.05) is 13.8 Å². The van der Waals surface area contributed by atoms with Gasteiger partial charge in [-0.15, -0.1) is 0 Å². The summed E-state index contributed by atoms with van der Waals surface area (Å²) in [7, 11) is -3.11. The molecule has 2 N–H and O–H groups in total. The van der Waals surface area contributed by atoms with Crippen molar-refractivity contribution in [2.45, 2.75) is 24.3 Å². The van der Waals surface area contributed by atoms with Crippen LogP contribution in [0.5, 0.6) is 0 Å². The lowest BCUT2D eigenvalue weighted by Crippen LogP contribution is -2.70. The zero-order chi connectivity index (χ0) is 13.6. The molecule has 4 nitrogen and oxygen atoms in total. The summed E-state index contributed by atoms with van der Waals surface area (Å²) >= 11 is 0. The van der Waals surface area contributed by atoms with Crippen molar-refractivity contribution < 1.29 is 8.42 Å². The van der Waals surface area contributed by atoms with E-state index in [2.05, 4.69) is 18.7 Å². The minimum atomic E-state index is -3.11. The van der Waals surface area contributed by atoms with Gasteiger partial charge >= 0.3 is 0 Å². The highest BCUT2D eigenvalue weighted by molar-refractivity contribution is 7.90. The summed E-state index contributed by atoms with van der Waals surface area (Å²) < 4.78 is 22.7. The largest absolute Gasteiger partial charge is 0.368 e. The first-order valence-corrected chi connectivity index (χ1v) is 7.95. The van der Waals surface area contributed by atoms with E-state index in [0.717, 1.165) is 18.8 Å². The van der Waals surface area contributed by atoms with E-state index < -0.39 is 9.84 Å². The topological polar surface area (TPSA) is 63.4 Å². The quantitative estimate of drug-likeness (QED) is 0.896. The Hall–Kier alpha value is -1.07. The minimum absolute atomic E-state index is 0.116. The predicted octanol–water partition coefficient (Wildman–Crippen LogP) is 1.26. The first-order valence-electron chi connectivity index (χ1n) is 6.06. The lowest BCUT2D eigenvalue weighted by atomic mass is 9.80. The lowest BCUT2D eigenvalue weighted by molar-refractivity contribution is 0.245. The molecule has 100 valence electrons. The molecule has 2 rings (SSSR count). The second-order valence-electron chi connectivity index (χ2n) is 5.51. The fourth-order valence-electron chi connectivity index (χ4n) is 2.12. The summed E-state index contributed by atoms with van der Waals surface area (Å²) in [5.74, 6) is 0.448. The number of hydrogen-bond donors (Lipinski definition) is 1. The summed E-state index contributed by atoms with van der Waals surface area (Å²) in [5.41, 5.74) is 7.15. The number of anilines is 1. The van der Waals surface area contributed by atoms with E-state index in [0.29, 0.717) is 10.8 Å².